The number of thiazole rings is 1. The number of nitrogens with zero attached hydrogens (tertiary/aromatic N) is 4. The maximum Gasteiger partial charge on any atom is 0.459 e. The molecule has 0 radical (unpaired) electrons. The molecule has 0 aliphatic carbocycles. The summed E-state index contributed by atoms with van der Waals surface area (Å²) in [6, 6.07) is 7.06. The summed E-state index contributed by atoms with van der Waals surface area (Å²) < 4.78 is 95.8. The van der Waals surface area contributed by atoms with E-state index in [1.165, 1.54) is 31.2 Å². The Morgan fingerprint density at radius 2 is 1.77 bits per heavy atom. The number of nitrogens with one attached hydrogen (secondary N) is 1. The van der Waals surface area contributed by atoms with Crippen molar-refractivity contribution >= 4 is 28.0 Å². The summed E-state index contributed by atoms with van der Waals surface area (Å²) in [5, 5.41) is 7.59. The number of rotatable bonds is 6. The van der Waals surface area contributed by atoms with Crippen LogP contribution in [0.2, 0.25) is 0 Å². The monoisotopic (exact) mass is 519 g/mol. The maximum atomic E-state index is 14.0. The molecule has 3 aromatic heterocycles. The normalized spacial score (nSPS) is 12.4. The van der Waals surface area contributed by atoms with Gasteiger partial charge in [0.25, 0.3) is 5.91 Å². The minimum Gasteiger partial charge on any atom is -0.435 e. The number of carbonyl (C=O) groups excluding carboxylic acids is 1. The Hall–Kier alpha value is -3.75. The number of ether oxygens (including phenoxy) is 1. The van der Waals surface area contributed by atoms with Crippen LogP contribution in [0.1, 0.15) is 21.9 Å². The number of halogens is 7. The highest BCUT2D eigenvalue weighted by molar-refractivity contribution is 7.14. The molecule has 1 N–H and O–H groups in total. The molecule has 3 heterocycles. The van der Waals surface area contributed by atoms with E-state index in [0.29, 0.717) is 17.3 Å². The summed E-state index contributed by atoms with van der Waals surface area (Å²) in [5.41, 5.74) is -1.55. The van der Waals surface area contributed by atoms with E-state index in [2.05, 4.69) is 25.1 Å². The molecular weight excluding hydrogens is 507 g/mol. The molecule has 0 fully saturated rings. The third-order valence-electron chi connectivity index (χ3n) is 4.57. The molecule has 15 heteroatoms. The highest BCUT2D eigenvalue weighted by atomic mass is 32.1. The molecule has 0 atom stereocenters. The Balaban J connectivity index is 1.57. The molecule has 0 saturated carbocycles. The lowest BCUT2D eigenvalue weighted by Crippen LogP contribution is -2.36. The van der Waals surface area contributed by atoms with E-state index in [1.54, 1.807) is 5.38 Å². The van der Waals surface area contributed by atoms with Crippen molar-refractivity contribution in [1.29, 1.82) is 0 Å². The van der Waals surface area contributed by atoms with Gasteiger partial charge in [0.2, 0.25) is 0 Å². The van der Waals surface area contributed by atoms with Crippen molar-refractivity contribution in [3.63, 3.8) is 0 Å². The van der Waals surface area contributed by atoms with Crippen molar-refractivity contribution in [1.82, 2.24) is 19.6 Å². The molecule has 4 rings (SSSR count). The SMILES string of the molecule is Cc1cc(C(F)(F)C(F)(F)F)n2nc(C(=O)Nc3nc(-c4ccc(OC(F)F)cc4)cs3)cc2n1. The van der Waals surface area contributed by atoms with Gasteiger partial charge in [0.05, 0.1) is 5.69 Å². The average molecular weight is 519 g/mol. The summed E-state index contributed by atoms with van der Waals surface area (Å²) in [5.74, 6) is -6.21. The van der Waals surface area contributed by atoms with E-state index in [1.807, 2.05) is 0 Å². The van der Waals surface area contributed by atoms with E-state index in [-0.39, 0.29) is 26.7 Å². The predicted octanol–water partition coefficient (Wildman–Crippen LogP) is 5.67. The fourth-order valence-corrected chi connectivity index (χ4v) is 3.73. The second kappa shape index (κ2) is 8.79. The lowest BCUT2D eigenvalue weighted by molar-refractivity contribution is -0.291. The molecule has 0 spiro atoms. The third kappa shape index (κ3) is 4.89. The largest absolute Gasteiger partial charge is 0.459 e. The van der Waals surface area contributed by atoms with E-state index in [0.717, 1.165) is 17.4 Å². The van der Waals surface area contributed by atoms with Crippen LogP contribution in [-0.2, 0) is 5.92 Å². The number of fused-ring (bicyclic) bond motifs is 1. The van der Waals surface area contributed by atoms with Gasteiger partial charge in [-0.25, -0.2) is 14.5 Å². The zero-order chi connectivity index (χ0) is 25.5. The second-order valence-corrected chi connectivity index (χ2v) is 7.91. The van der Waals surface area contributed by atoms with Crippen LogP contribution in [-0.4, -0.2) is 38.3 Å². The van der Waals surface area contributed by atoms with Crippen molar-refractivity contribution in [2.75, 3.05) is 5.32 Å². The second-order valence-electron chi connectivity index (χ2n) is 7.05. The van der Waals surface area contributed by atoms with Gasteiger partial charge >= 0.3 is 18.7 Å². The third-order valence-corrected chi connectivity index (χ3v) is 5.32. The fourth-order valence-electron chi connectivity index (χ4n) is 3.01. The summed E-state index contributed by atoms with van der Waals surface area (Å²) in [4.78, 5) is 20.6. The first-order chi connectivity index (χ1) is 16.3. The standard InChI is InChI=1S/C20H12F7N5O2S/c1-9-6-14(19(23,24)20(25,26)27)32-15(28-9)7-12(31-32)16(33)30-18-29-13(8-35-18)10-2-4-11(5-3-10)34-17(21)22/h2-8,17H,1H3,(H,29,30,33). The number of hydrogen-bond acceptors (Lipinski definition) is 6. The summed E-state index contributed by atoms with van der Waals surface area (Å²) in [6.07, 6.45) is -5.89. The number of benzene rings is 1. The van der Waals surface area contributed by atoms with Crippen LogP contribution < -0.4 is 10.1 Å². The first-order valence-electron chi connectivity index (χ1n) is 9.50. The first kappa shape index (κ1) is 24.4. The number of aromatic nitrogens is 4. The average Bonchev–Trinajstić information content (AvgIpc) is 3.39. The summed E-state index contributed by atoms with van der Waals surface area (Å²) >= 11 is 0.989. The number of hydrogen-bond donors (Lipinski definition) is 1. The van der Waals surface area contributed by atoms with E-state index in [9.17, 15) is 35.5 Å². The number of alkyl halides is 7. The Bertz CT molecular complexity index is 1380. The predicted molar refractivity (Wildman–Crippen MR) is 110 cm³/mol. The fraction of sp³-hybridized carbons (Fsp3) is 0.200. The van der Waals surface area contributed by atoms with Crippen LogP contribution in [0.25, 0.3) is 16.9 Å². The van der Waals surface area contributed by atoms with Crippen LogP contribution >= 0.6 is 11.3 Å². The minimum atomic E-state index is -5.89. The van der Waals surface area contributed by atoms with Gasteiger partial charge in [0.15, 0.2) is 16.5 Å². The van der Waals surface area contributed by atoms with Gasteiger partial charge in [-0.15, -0.1) is 11.3 Å². The Kier molecular flexibility index (Phi) is 6.12. The molecule has 4 aromatic rings. The smallest absolute Gasteiger partial charge is 0.435 e. The molecule has 1 aromatic carbocycles. The quantitative estimate of drug-likeness (QED) is 0.332. The van der Waals surface area contributed by atoms with Gasteiger partial charge in [0.1, 0.15) is 11.4 Å². The van der Waals surface area contributed by atoms with Gasteiger partial charge < -0.3 is 4.74 Å². The number of carbonyl (C=O) groups is 1. The maximum absolute atomic E-state index is 14.0. The van der Waals surface area contributed by atoms with Crippen molar-refractivity contribution in [3.05, 3.63) is 58.9 Å². The highest BCUT2D eigenvalue weighted by Crippen LogP contribution is 2.43. The zero-order valence-electron chi connectivity index (χ0n) is 17.3. The van der Waals surface area contributed by atoms with Crippen LogP contribution in [0, 0.1) is 6.92 Å². The van der Waals surface area contributed by atoms with E-state index < -0.39 is 36.0 Å². The number of amides is 1. The molecule has 0 aliphatic rings. The minimum absolute atomic E-state index is 0.0568. The van der Waals surface area contributed by atoms with Gasteiger partial charge in [-0.2, -0.15) is 35.8 Å². The topological polar surface area (TPSA) is 81.4 Å². The van der Waals surface area contributed by atoms with Crippen molar-refractivity contribution in [3.8, 4) is 17.0 Å². The summed E-state index contributed by atoms with van der Waals surface area (Å²) in [6.45, 7) is -1.75. The molecule has 184 valence electrons. The molecule has 0 unspecified atom stereocenters. The van der Waals surface area contributed by atoms with Gasteiger partial charge in [-0.1, -0.05) is 0 Å². The zero-order valence-corrected chi connectivity index (χ0v) is 18.1. The van der Waals surface area contributed by atoms with Crippen molar-refractivity contribution < 1.29 is 40.3 Å². The van der Waals surface area contributed by atoms with Crippen LogP contribution in [0.5, 0.6) is 5.75 Å². The first-order valence-corrected chi connectivity index (χ1v) is 10.4. The molecular formula is C20H12F7N5O2S. The molecule has 0 bridgehead atoms. The van der Waals surface area contributed by atoms with Crippen LogP contribution in [0.4, 0.5) is 35.9 Å². The Labute approximate surface area is 195 Å². The van der Waals surface area contributed by atoms with Crippen molar-refractivity contribution in [2.45, 2.75) is 25.6 Å². The lowest BCUT2D eigenvalue weighted by atomic mass is 10.2. The Morgan fingerprint density at radius 3 is 2.40 bits per heavy atom. The number of aryl methyl sites for hydroxylation is 1. The highest BCUT2D eigenvalue weighted by Gasteiger charge is 2.60. The molecule has 0 saturated heterocycles. The molecule has 7 nitrogen and oxygen atoms in total. The lowest BCUT2D eigenvalue weighted by Gasteiger charge is -2.20. The van der Waals surface area contributed by atoms with E-state index in [4.69, 9.17) is 0 Å². The van der Waals surface area contributed by atoms with Crippen LogP contribution in [0.3, 0.4) is 0 Å². The van der Waals surface area contributed by atoms with Gasteiger partial charge in [0, 0.05) is 22.7 Å². The molecule has 35 heavy (non-hydrogen) atoms. The molecule has 0 aliphatic heterocycles. The van der Waals surface area contributed by atoms with Crippen molar-refractivity contribution in [2.24, 2.45) is 0 Å². The Morgan fingerprint density at radius 1 is 1.09 bits per heavy atom. The number of anilines is 1. The molecule has 1 amide bonds. The summed E-state index contributed by atoms with van der Waals surface area (Å²) in [7, 11) is 0. The van der Waals surface area contributed by atoms with E-state index >= 15 is 0 Å². The van der Waals surface area contributed by atoms with Gasteiger partial charge in [-0.3, -0.25) is 10.1 Å². The van der Waals surface area contributed by atoms with Crippen LogP contribution in [0.15, 0.2) is 41.8 Å². The van der Waals surface area contributed by atoms with Gasteiger partial charge in [-0.05, 0) is 37.3 Å².